The van der Waals surface area contributed by atoms with E-state index in [9.17, 15) is 22.4 Å². The van der Waals surface area contributed by atoms with Crippen LogP contribution in [0.4, 0.5) is 17.6 Å². The van der Waals surface area contributed by atoms with Crippen molar-refractivity contribution in [2.45, 2.75) is 58.8 Å². The zero-order chi connectivity index (χ0) is 17.8. The Morgan fingerprint density at radius 1 is 1.30 bits per heavy atom. The first kappa shape index (κ1) is 19.5. The highest BCUT2D eigenvalue weighted by Gasteiger charge is 2.41. The number of esters is 1. The first-order valence-electron chi connectivity index (χ1n) is 7.49. The van der Waals surface area contributed by atoms with Crippen LogP contribution in [0.3, 0.4) is 0 Å². The third-order valence-corrected chi connectivity index (χ3v) is 3.35. The van der Waals surface area contributed by atoms with Crippen molar-refractivity contribution in [1.29, 1.82) is 0 Å². The number of nitrogens with zero attached hydrogens (tertiary/aromatic N) is 1. The van der Waals surface area contributed by atoms with Crippen molar-refractivity contribution in [3.8, 4) is 0 Å². The predicted molar refractivity (Wildman–Crippen MR) is 77.5 cm³/mol. The molecular weight excluding hydrogens is 316 g/mol. The normalized spacial score (nSPS) is 19.5. The molecule has 8 heteroatoms. The van der Waals surface area contributed by atoms with E-state index in [1.807, 2.05) is 0 Å². The van der Waals surface area contributed by atoms with Crippen molar-refractivity contribution in [2.75, 3.05) is 6.61 Å². The van der Waals surface area contributed by atoms with E-state index in [0.717, 1.165) is 0 Å². The molecule has 1 unspecified atom stereocenters. The SMILES string of the molecule is CCCCC1=C(F)C(F)N(NC(C)(C)C(=O)OCC)C(F)=C1F. The van der Waals surface area contributed by atoms with E-state index in [0.29, 0.717) is 12.8 Å². The summed E-state index contributed by atoms with van der Waals surface area (Å²) in [7, 11) is 0. The van der Waals surface area contributed by atoms with Crippen LogP contribution >= 0.6 is 0 Å². The maximum atomic E-state index is 14.2. The van der Waals surface area contributed by atoms with Gasteiger partial charge in [0.1, 0.15) is 5.54 Å². The molecule has 0 aromatic heterocycles. The number of carbonyl (C=O) groups excluding carboxylic acids is 1. The summed E-state index contributed by atoms with van der Waals surface area (Å²) in [6.07, 6.45) is -1.63. The van der Waals surface area contributed by atoms with Crippen LogP contribution in [0.2, 0.25) is 0 Å². The number of hydrogen-bond donors (Lipinski definition) is 1. The van der Waals surface area contributed by atoms with Crippen molar-refractivity contribution in [2.24, 2.45) is 0 Å². The van der Waals surface area contributed by atoms with Crippen LogP contribution in [0, 0.1) is 0 Å². The van der Waals surface area contributed by atoms with Crippen molar-refractivity contribution in [3.63, 3.8) is 0 Å². The van der Waals surface area contributed by atoms with Crippen LogP contribution in [0.5, 0.6) is 0 Å². The van der Waals surface area contributed by atoms with Gasteiger partial charge in [-0.2, -0.15) is 4.39 Å². The molecule has 0 spiro atoms. The maximum absolute atomic E-state index is 14.2. The van der Waals surface area contributed by atoms with Gasteiger partial charge in [0.25, 0.3) is 0 Å². The van der Waals surface area contributed by atoms with E-state index >= 15 is 0 Å². The molecular formula is C15H22F4N2O2. The van der Waals surface area contributed by atoms with Crippen molar-refractivity contribution in [1.82, 2.24) is 10.4 Å². The van der Waals surface area contributed by atoms with E-state index in [4.69, 9.17) is 4.74 Å². The molecule has 0 aromatic rings. The number of nitrogens with one attached hydrogen (secondary N) is 1. The van der Waals surface area contributed by atoms with Gasteiger partial charge in [0.05, 0.1) is 6.61 Å². The molecule has 0 saturated heterocycles. The summed E-state index contributed by atoms with van der Waals surface area (Å²) in [5, 5.41) is 0.0387. The van der Waals surface area contributed by atoms with Gasteiger partial charge < -0.3 is 4.74 Å². The van der Waals surface area contributed by atoms with E-state index in [-0.39, 0.29) is 18.0 Å². The molecule has 1 rings (SSSR count). The Kier molecular flexibility index (Phi) is 6.61. The van der Waals surface area contributed by atoms with Gasteiger partial charge >= 0.3 is 5.97 Å². The first-order valence-corrected chi connectivity index (χ1v) is 7.49. The number of rotatable bonds is 7. The van der Waals surface area contributed by atoms with Crippen molar-refractivity contribution >= 4 is 5.97 Å². The summed E-state index contributed by atoms with van der Waals surface area (Å²) >= 11 is 0. The second-order valence-corrected chi connectivity index (χ2v) is 5.70. The smallest absolute Gasteiger partial charge is 0.327 e. The second kappa shape index (κ2) is 7.81. The van der Waals surface area contributed by atoms with Crippen LogP contribution in [0.1, 0.15) is 47.0 Å². The van der Waals surface area contributed by atoms with Crippen LogP contribution in [-0.2, 0) is 9.53 Å². The molecule has 1 aliphatic heterocycles. The Morgan fingerprint density at radius 2 is 1.91 bits per heavy atom. The monoisotopic (exact) mass is 338 g/mol. The van der Waals surface area contributed by atoms with E-state index in [1.54, 1.807) is 13.8 Å². The molecule has 1 heterocycles. The Balaban J connectivity index is 3.03. The third kappa shape index (κ3) is 4.25. The lowest BCUT2D eigenvalue weighted by Gasteiger charge is -2.36. The highest BCUT2D eigenvalue weighted by atomic mass is 19.2. The lowest BCUT2D eigenvalue weighted by atomic mass is 10.0. The lowest BCUT2D eigenvalue weighted by Crippen LogP contribution is -2.58. The fourth-order valence-corrected chi connectivity index (χ4v) is 2.04. The summed E-state index contributed by atoms with van der Waals surface area (Å²) in [5.41, 5.74) is -0.0243. The molecule has 0 aromatic carbocycles. The third-order valence-electron chi connectivity index (χ3n) is 3.35. The van der Waals surface area contributed by atoms with Crippen LogP contribution in [0.15, 0.2) is 23.2 Å². The molecule has 0 radical (unpaired) electrons. The van der Waals surface area contributed by atoms with Crippen molar-refractivity contribution in [3.05, 3.63) is 23.2 Å². The average Bonchev–Trinajstić information content (AvgIpc) is 2.50. The van der Waals surface area contributed by atoms with Gasteiger partial charge in [-0.05, 0) is 33.6 Å². The van der Waals surface area contributed by atoms with Gasteiger partial charge in [0.15, 0.2) is 11.7 Å². The summed E-state index contributed by atoms with van der Waals surface area (Å²) in [6, 6.07) is 0. The van der Waals surface area contributed by atoms with E-state index < -0.39 is 41.0 Å². The molecule has 23 heavy (non-hydrogen) atoms. The Bertz CT molecular complexity index is 518. The quantitative estimate of drug-likeness (QED) is 0.433. The van der Waals surface area contributed by atoms with Crippen molar-refractivity contribution < 1.29 is 27.1 Å². The van der Waals surface area contributed by atoms with Gasteiger partial charge in [0, 0.05) is 5.57 Å². The minimum atomic E-state index is -2.56. The molecule has 132 valence electrons. The van der Waals surface area contributed by atoms with E-state index in [2.05, 4.69) is 5.43 Å². The Hall–Kier alpha value is -1.57. The number of carbonyl (C=O) groups is 1. The molecule has 0 bridgehead atoms. The highest BCUT2D eigenvalue weighted by molar-refractivity contribution is 5.79. The molecule has 1 aliphatic rings. The first-order chi connectivity index (χ1) is 10.7. The zero-order valence-corrected chi connectivity index (χ0v) is 13.7. The summed E-state index contributed by atoms with van der Waals surface area (Å²) < 4.78 is 61.0. The highest BCUT2D eigenvalue weighted by Crippen LogP contribution is 2.37. The van der Waals surface area contributed by atoms with Gasteiger partial charge in [-0.25, -0.2) is 23.6 Å². The second-order valence-electron chi connectivity index (χ2n) is 5.70. The zero-order valence-electron chi connectivity index (χ0n) is 13.7. The summed E-state index contributed by atoms with van der Waals surface area (Å²) in [4.78, 5) is 11.7. The number of hydrazine groups is 1. The number of unbranched alkanes of at least 4 members (excludes halogenated alkanes) is 1. The van der Waals surface area contributed by atoms with Crippen LogP contribution in [0.25, 0.3) is 0 Å². The number of alkyl halides is 1. The van der Waals surface area contributed by atoms with Gasteiger partial charge in [-0.1, -0.05) is 13.3 Å². The van der Waals surface area contributed by atoms with Gasteiger partial charge in [-0.15, -0.1) is 0 Å². The molecule has 0 fully saturated rings. The molecule has 0 saturated carbocycles. The molecule has 0 aliphatic carbocycles. The Labute approximate surface area is 133 Å². The molecule has 1 N–H and O–H groups in total. The average molecular weight is 338 g/mol. The summed E-state index contributed by atoms with van der Waals surface area (Å²) in [6.45, 7) is 6.00. The number of halogens is 4. The molecule has 4 nitrogen and oxygen atoms in total. The van der Waals surface area contributed by atoms with Gasteiger partial charge in [0.2, 0.25) is 12.2 Å². The Morgan fingerprint density at radius 3 is 2.43 bits per heavy atom. The minimum absolute atomic E-state index is 0.0387. The minimum Gasteiger partial charge on any atom is -0.465 e. The van der Waals surface area contributed by atoms with Crippen LogP contribution < -0.4 is 5.43 Å². The van der Waals surface area contributed by atoms with Crippen LogP contribution in [-0.4, -0.2) is 29.4 Å². The summed E-state index contributed by atoms with van der Waals surface area (Å²) in [5.74, 6) is -5.26. The number of allylic oxidation sites excluding steroid dienone is 2. The fraction of sp³-hybridized carbons (Fsp3) is 0.667. The predicted octanol–water partition coefficient (Wildman–Crippen LogP) is 3.97. The van der Waals surface area contributed by atoms with Gasteiger partial charge in [-0.3, -0.25) is 4.79 Å². The maximum Gasteiger partial charge on any atom is 0.327 e. The lowest BCUT2D eigenvalue weighted by molar-refractivity contribution is -0.153. The number of hydrogen-bond acceptors (Lipinski definition) is 4. The molecule has 1 atom stereocenters. The number of ether oxygens (including phenoxy) is 1. The molecule has 0 amide bonds. The fourth-order valence-electron chi connectivity index (χ4n) is 2.04. The topological polar surface area (TPSA) is 41.6 Å². The van der Waals surface area contributed by atoms with E-state index in [1.165, 1.54) is 13.8 Å². The standard InChI is InChI=1S/C15H22F4N2O2/c1-5-7-8-9-10(16)12(18)21(13(19)11(9)17)20-15(3,4)14(22)23-6-2/h12,20H,5-8H2,1-4H3. The largest absolute Gasteiger partial charge is 0.465 e.